The van der Waals surface area contributed by atoms with E-state index < -0.39 is 5.60 Å². The minimum atomic E-state index is -0.405. The first-order valence-electron chi connectivity index (χ1n) is 4.95. The molecule has 2 bridgehead atoms. The maximum absolute atomic E-state index is 10.2. The van der Waals surface area contributed by atoms with Crippen molar-refractivity contribution in [1.82, 2.24) is 0 Å². The van der Waals surface area contributed by atoms with E-state index in [1.165, 1.54) is 0 Å². The molecule has 3 aliphatic carbocycles. The van der Waals surface area contributed by atoms with Crippen LogP contribution in [0.5, 0.6) is 0 Å². The summed E-state index contributed by atoms with van der Waals surface area (Å²) in [7, 11) is 1.69. The predicted molar refractivity (Wildman–Crippen MR) is 51.4 cm³/mol. The molecule has 3 aliphatic rings. The van der Waals surface area contributed by atoms with E-state index in [2.05, 4.69) is 26.0 Å². The molecule has 3 rings (SSSR count). The van der Waals surface area contributed by atoms with Gasteiger partial charge < -0.3 is 9.84 Å². The third-order valence-corrected chi connectivity index (χ3v) is 3.96. The molecule has 13 heavy (non-hydrogen) atoms. The highest BCUT2D eigenvalue weighted by Gasteiger charge is 2.54. The minimum absolute atomic E-state index is 0.0387. The van der Waals surface area contributed by atoms with Gasteiger partial charge in [0.25, 0.3) is 0 Å². The number of fused-ring (bicyclic) bond motifs is 2. The van der Waals surface area contributed by atoms with E-state index in [9.17, 15) is 5.11 Å². The van der Waals surface area contributed by atoms with Crippen LogP contribution in [0.3, 0.4) is 0 Å². The van der Waals surface area contributed by atoms with Gasteiger partial charge in [0, 0.05) is 12.5 Å². The summed E-state index contributed by atoms with van der Waals surface area (Å²) in [5.74, 6) is 0.513. The Morgan fingerprint density at radius 3 is 2.54 bits per heavy atom. The maximum atomic E-state index is 10.2. The Hall–Kier alpha value is -0.340. The fraction of sp³-hybridized carbons (Fsp3) is 0.818. The minimum Gasteiger partial charge on any atom is -0.389 e. The fourth-order valence-electron chi connectivity index (χ4n) is 2.80. The van der Waals surface area contributed by atoms with Gasteiger partial charge in [-0.1, -0.05) is 26.0 Å². The third kappa shape index (κ3) is 1.02. The zero-order chi connectivity index (χ0) is 9.69. The van der Waals surface area contributed by atoms with Gasteiger partial charge in [-0.2, -0.15) is 0 Å². The van der Waals surface area contributed by atoms with Gasteiger partial charge >= 0.3 is 0 Å². The molecule has 0 unspecified atom stereocenters. The van der Waals surface area contributed by atoms with Gasteiger partial charge in [-0.15, -0.1) is 0 Å². The fourth-order valence-corrected chi connectivity index (χ4v) is 2.80. The smallest absolute Gasteiger partial charge is 0.112 e. The standard InChI is InChI=1S/C11H18O2/c1-10(2)8-4-6-11(13-3,7-5-8)9(10)12/h4,6,8-9,12H,5,7H2,1-3H3/t8-,9+,11+/m0/s1. The van der Waals surface area contributed by atoms with Crippen molar-refractivity contribution in [3.05, 3.63) is 12.2 Å². The van der Waals surface area contributed by atoms with E-state index in [1.54, 1.807) is 7.11 Å². The van der Waals surface area contributed by atoms with Crippen molar-refractivity contribution in [2.45, 2.75) is 38.4 Å². The van der Waals surface area contributed by atoms with Crippen LogP contribution in [0.4, 0.5) is 0 Å². The van der Waals surface area contributed by atoms with Gasteiger partial charge in [0.2, 0.25) is 0 Å². The Kier molecular flexibility index (Phi) is 1.83. The van der Waals surface area contributed by atoms with Gasteiger partial charge in [0.1, 0.15) is 5.60 Å². The second kappa shape index (κ2) is 2.58. The number of allylic oxidation sites excluding steroid dienone is 1. The lowest BCUT2D eigenvalue weighted by Gasteiger charge is -2.54. The van der Waals surface area contributed by atoms with Gasteiger partial charge in [-0.25, -0.2) is 0 Å². The zero-order valence-electron chi connectivity index (χ0n) is 8.58. The monoisotopic (exact) mass is 182 g/mol. The molecule has 0 aromatic carbocycles. The van der Waals surface area contributed by atoms with Crippen LogP contribution in [-0.2, 0) is 4.74 Å². The number of aliphatic hydroxyl groups is 1. The molecule has 3 atom stereocenters. The number of hydrogen-bond acceptors (Lipinski definition) is 2. The predicted octanol–water partition coefficient (Wildman–Crippen LogP) is 1.74. The van der Waals surface area contributed by atoms with Gasteiger partial charge in [-0.3, -0.25) is 0 Å². The summed E-state index contributed by atoms with van der Waals surface area (Å²) >= 11 is 0. The van der Waals surface area contributed by atoms with E-state index in [4.69, 9.17) is 4.74 Å². The van der Waals surface area contributed by atoms with E-state index in [0.29, 0.717) is 5.92 Å². The Labute approximate surface area is 79.6 Å². The van der Waals surface area contributed by atoms with E-state index in [-0.39, 0.29) is 11.5 Å². The average Bonchev–Trinajstić information content (AvgIpc) is 2.15. The largest absolute Gasteiger partial charge is 0.389 e. The molecular formula is C11H18O2. The molecule has 74 valence electrons. The summed E-state index contributed by atoms with van der Waals surface area (Å²) in [6, 6.07) is 0. The normalized spacial score (nSPS) is 46.8. The number of ether oxygens (including phenoxy) is 1. The molecule has 1 N–H and O–H groups in total. The van der Waals surface area contributed by atoms with Crippen LogP contribution in [-0.4, -0.2) is 23.9 Å². The molecule has 0 aromatic rings. The molecule has 0 aliphatic heterocycles. The highest BCUT2D eigenvalue weighted by atomic mass is 16.5. The SMILES string of the molecule is CO[C@]12C=C[C@@H](CC1)C(C)(C)[C@H]2O. The Balaban J connectivity index is 2.41. The Bertz CT molecular complexity index is 244. The molecule has 0 amide bonds. The summed E-state index contributed by atoms with van der Waals surface area (Å²) in [4.78, 5) is 0. The van der Waals surface area contributed by atoms with Crippen LogP contribution >= 0.6 is 0 Å². The first-order valence-corrected chi connectivity index (χ1v) is 4.95. The van der Waals surface area contributed by atoms with Crippen LogP contribution in [0, 0.1) is 11.3 Å². The van der Waals surface area contributed by atoms with Gasteiger partial charge in [0.05, 0.1) is 6.10 Å². The third-order valence-electron chi connectivity index (χ3n) is 3.96. The lowest BCUT2D eigenvalue weighted by Crippen LogP contribution is -2.59. The van der Waals surface area contributed by atoms with Crippen molar-refractivity contribution in [2.24, 2.45) is 11.3 Å². The molecular weight excluding hydrogens is 164 g/mol. The summed E-state index contributed by atoms with van der Waals surface area (Å²) in [5.41, 5.74) is -0.443. The highest BCUT2D eigenvalue weighted by Crippen LogP contribution is 2.51. The molecule has 1 saturated carbocycles. The Morgan fingerprint density at radius 1 is 1.46 bits per heavy atom. The lowest BCUT2D eigenvalue weighted by molar-refractivity contribution is -0.166. The molecule has 0 heterocycles. The second-order valence-electron chi connectivity index (χ2n) is 4.89. The topological polar surface area (TPSA) is 29.5 Å². The number of rotatable bonds is 1. The molecule has 0 spiro atoms. The quantitative estimate of drug-likeness (QED) is 0.626. The van der Waals surface area contributed by atoms with E-state index >= 15 is 0 Å². The number of methoxy groups -OCH3 is 1. The molecule has 0 radical (unpaired) electrons. The van der Waals surface area contributed by atoms with Crippen molar-refractivity contribution in [2.75, 3.05) is 7.11 Å². The van der Waals surface area contributed by atoms with E-state index in [0.717, 1.165) is 12.8 Å². The highest BCUT2D eigenvalue weighted by molar-refractivity contribution is 5.22. The maximum Gasteiger partial charge on any atom is 0.112 e. The van der Waals surface area contributed by atoms with Crippen molar-refractivity contribution in [3.8, 4) is 0 Å². The van der Waals surface area contributed by atoms with Gasteiger partial charge in [-0.05, 0) is 18.8 Å². The molecule has 2 heteroatoms. The van der Waals surface area contributed by atoms with Crippen molar-refractivity contribution in [3.63, 3.8) is 0 Å². The van der Waals surface area contributed by atoms with Crippen LogP contribution in [0.15, 0.2) is 12.2 Å². The first-order chi connectivity index (χ1) is 6.03. The first kappa shape index (κ1) is 9.22. The molecule has 0 saturated heterocycles. The van der Waals surface area contributed by atoms with Crippen molar-refractivity contribution >= 4 is 0 Å². The van der Waals surface area contributed by atoms with E-state index in [1.807, 2.05) is 0 Å². The summed E-state index contributed by atoms with van der Waals surface area (Å²) in [6.45, 7) is 4.25. The number of aliphatic hydroxyl groups excluding tert-OH is 1. The zero-order valence-corrected chi connectivity index (χ0v) is 8.58. The summed E-state index contributed by atoms with van der Waals surface area (Å²) in [6.07, 6.45) is 5.98. The number of hydrogen-bond donors (Lipinski definition) is 1. The summed E-state index contributed by atoms with van der Waals surface area (Å²) < 4.78 is 5.48. The summed E-state index contributed by atoms with van der Waals surface area (Å²) in [5, 5.41) is 10.2. The van der Waals surface area contributed by atoms with Crippen LogP contribution in [0.1, 0.15) is 26.7 Å². The van der Waals surface area contributed by atoms with Gasteiger partial charge in [0.15, 0.2) is 0 Å². The van der Waals surface area contributed by atoms with Crippen molar-refractivity contribution in [1.29, 1.82) is 0 Å². The Morgan fingerprint density at radius 2 is 2.15 bits per heavy atom. The van der Waals surface area contributed by atoms with Crippen molar-refractivity contribution < 1.29 is 9.84 Å². The average molecular weight is 182 g/mol. The molecule has 0 aromatic heterocycles. The van der Waals surface area contributed by atoms with Crippen LogP contribution in [0.25, 0.3) is 0 Å². The molecule has 2 nitrogen and oxygen atoms in total. The van der Waals surface area contributed by atoms with Crippen LogP contribution in [0.2, 0.25) is 0 Å². The lowest BCUT2D eigenvalue weighted by atomic mass is 9.57. The van der Waals surface area contributed by atoms with Crippen LogP contribution < -0.4 is 0 Å². The molecule has 1 fully saturated rings. The second-order valence-corrected chi connectivity index (χ2v) is 4.89.